The highest BCUT2D eigenvalue weighted by Crippen LogP contribution is 2.17. The van der Waals surface area contributed by atoms with Crippen LogP contribution in [-0.2, 0) is 7.05 Å². The van der Waals surface area contributed by atoms with Crippen LogP contribution in [0.2, 0.25) is 0 Å². The highest BCUT2D eigenvalue weighted by molar-refractivity contribution is 6.07. The summed E-state index contributed by atoms with van der Waals surface area (Å²) in [6, 6.07) is 5.37. The van der Waals surface area contributed by atoms with Gasteiger partial charge >= 0.3 is 0 Å². The monoisotopic (exact) mass is 246 g/mol. The van der Waals surface area contributed by atoms with Gasteiger partial charge in [0.05, 0.1) is 11.3 Å². The molecule has 7 heteroatoms. The van der Waals surface area contributed by atoms with Gasteiger partial charge in [0, 0.05) is 7.05 Å². The van der Waals surface area contributed by atoms with Crippen molar-refractivity contribution >= 4 is 17.5 Å². The third kappa shape index (κ3) is 2.30. The lowest BCUT2D eigenvalue weighted by molar-refractivity contribution is 0.102. The fourth-order valence-electron chi connectivity index (χ4n) is 1.55. The quantitative estimate of drug-likeness (QED) is 0.546. The number of nitrogens with one attached hydrogen (secondary N) is 2. The number of anilines is 2. The van der Waals surface area contributed by atoms with Gasteiger partial charge in [-0.1, -0.05) is 11.6 Å². The van der Waals surface area contributed by atoms with Crippen molar-refractivity contribution in [3.63, 3.8) is 0 Å². The van der Waals surface area contributed by atoms with E-state index >= 15 is 0 Å². The number of rotatable bonds is 3. The lowest BCUT2D eigenvalue weighted by Crippen LogP contribution is -2.19. The molecule has 1 amide bonds. The molecular weight excluding hydrogens is 232 g/mol. The average Bonchev–Trinajstić information content (AvgIpc) is 2.75. The standard InChI is InChI=1S/C11H14N6O/c1-7-3-4-9(16-12)8(5-7)10(18)15-11-13-6-14-17(11)2/h3-6,16H,12H2,1-2H3,(H,13,14,15,18). The zero-order valence-corrected chi connectivity index (χ0v) is 10.1. The molecule has 0 radical (unpaired) electrons. The molecule has 4 N–H and O–H groups in total. The molecule has 0 fully saturated rings. The number of hydrogen-bond acceptors (Lipinski definition) is 5. The van der Waals surface area contributed by atoms with E-state index in [1.807, 2.05) is 13.0 Å². The molecule has 1 aromatic heterocycles. The summed E-state index contributed by atoms with van der Waals surface area (Å²) in [4.78, 5) is 16.0. The summed E-state index contributed by atoms with van der Waals surface area (Å²) in [6.45, 7) is 1.90. The fraction of sp³-hybridized carbons (Fsp3) is 0.182. The summed E-state index contributed by atoms with van der Waals surface area (Å²) in [5.74, 6) is 5.47. The summed E-state index contributed by atoms with van der Waals surface area (Å²) < 4.78 is 1.48. The van der Waals surface area contributed by atoms with E-state index in [9.17, 15) is 4.79 Å². The molecule has 0 aliphatic carbocycles. The Morgan fingerprint density at radius 3 is 2.83 bits per heavy atom. The molecule has 7 nitrogen and oxygen atoms in total. The van der Waals surface area contributed by atoms with Gasteiger partial charge in [-0.2, -0.15) is 10.1 Å². The Morgan fingerprint density at radius 1 is 1.44 bits per heavy atom. The Morgan fingerprint density at radius 2 is 2.22 bits per heavy atom. The van der Waals surface area contributed by atoms with Crippen molar-refractivity contribution in [3.05, 3.63) is 35.7 Å². The first-order valence-electron chi connectivity index (χ1n) is 5.34. The Bertz CT molecular complexity index is 577. The van der Waals surface area contributed by atoms with Gasteiger partial charge in [-0.15, -0.1) is 0 Å². The van der Waals surface area contributed by atoms with Gasteiger partial charge < -0.3 is 5.43 Å². The maximum Gasteiger partial charge on any atom is 0.260 e. The number of amides is 1. The molecular formula is C11H14N6O. The largest absolute Gasteiger partial charge is 0.323 e. The topological polar surface area (TPSA) is 97.9 Å². The van der Waals surface area contributed by atoms with Crippen LogP contribution in [0.5, 0.6) is 0 Å². The fourth-order valence-corrected chi connectivity index (χ4v) is 1.55. The lowest BCUT2D eigenvalue weighted by Gasteiger charge is -2.09. The maximum absolute atomic E-state index is 12.1. The van der Waals surface area contributed by atoms with Crippen LogP contribution in [0.4, 0.5) is 11.6 Å². The molecule has 1 aromatic carbocycles. The molecule has 0 spiro atoms. The van der Waals surface area contributed by atoms with Crippen LogP contribution < -0.4 is 16.6 Å². The van der Waals surface area contributed by atoms with Gasteiger partial charge in [0.25, 0.3) is 5.91 Å². The number of carbonyl (C=O) groups is 1. The van der Waals surface area contributed by atoms with E-state index in [0.717, 1.165) is 5.56 Å². The van der Waals surface area contributed by atoms with Crippen molar-refractivity contribution in [1.29, 1.82) is 0 Å². The zero-order valence-electron chi connectivity index (χ0n) is 10.1. The van der Waals surface area contributed by atoms with Crippen LogP contribution in [-0.4, -0.2) is 20.7 Å². The minimum absolute atomic E-state index is 0.289. The molecule has 2 aromatic rings. The van der Waals surface area contributed by atoms with Gasteiger partial charge in [-0.3, -0.25) is 16.0 Å². The summed E-state index contributed by atoms with van der Waals surface area (Å²) in [6.07, 6.45) is 1.37. The van der Waals surface area contributed by atoms with Crippen molar-refractivity contribution in [1.82, 2.24) is 14.8 Å². The van der Waals surface area contributed by atoms with Crippen molar-refractivity contribution in [3.8, 4) is 0 Å². The minimum Gasteiger partial charge on any atom is -0.323 e. The average molecular weight is 246 g/mol. The Labute approximate surface area is 104 Å². The predicted molar refractivity (Wildman–Crippen MR) is 67.9 cm³/mol. The van der Waals surface area contributed by atoms with Crippen molar-refractivity contribution in [2.75, 3.05) is 10.7 Å². The van der Waals surface area contributed by atoms with Crippen molar-refractivity contribution in [2.45, 2.75) is 6.92 Å². The van der Waals surface area contributed by atoms with E-state index in [1.54, 1.807) is 19.2 Å². The molecule has 0 saturated heterocycles. The van der Waals surface area contributed by atoms with Crippen LogP contribution in [0.15, 0.2) is 24.5 Å². The predicted octanol–water partition coefficient (Wildman–Crippen LogP) is 0.661. The minimum atomic E-state index is -0.289. The highest BCUT2D eigenvalue weighted by Gasteiger charge is 2.13. The number of benzene rings is 1. The molecule has 94 valence electrons. The first-order chi connectivity index (χ1) is 8.61. The first-order valence-corrected chi connectivity index (χ1v) is 5.34. The first kappa shape index (κ1) is 12.1. The summed E-state index contributed by atoms with van der Waals surface area (Å²) in [5, 5.41) is 6.54. The Kier molecular flexibility index (Phi) is 3.24. The molecule has 0 atom stereocenters. The van der Waals surface area contributed by atoms with Crippen LogP contribution in [0.25, 0.3) is 0 Å². The molecule has 0 aliphatic heterocycles. The second-order valence-electron chi connectivity index (χ2n) is 3.85. The van der Waals surface area contributed by atoms with E-state index in [0.29, 0.717) is 17.2 Å². The van der Waals surface area contributed by atoms with E-state index in [-0.39, 0.29) is 5.91 Å². The van der Waals surface area contributed by atoms with Crippen LogP contribution in [0.3, 0.4) is 0 Å². The van der Waals surface area contributed by atoms with Gasteiger partial charge in [-0.25, -0.2) is 4.68 Å². The van der Waals surface area contributed by atoms with E-state index in [4.69, 9.17) is 5.84 Å². The smallest absolute Gasteiger partial charge is 0.260 e. The number of aryl methyl sites for hydroxylation is 2. The summed E-state index contributed by atoms with van der Waals surface area (Å²) in [5.41, 5.74) is 4.48. The van der Waals surface area contributed by atoms with Gasteiger partial charge in [0.15, 0.2) is 0 Å². The number of nitrogen functional groups attached to an aromatic ring is 1. The number of hydrogen-bond donors (Lipinski definition) is 3. The molecule has 0 aliphatic rings. The van der Waals surface area contributed by atoms with Crippen LogP contribution in [0.1, 0.15) is 15.9 Å². The molecule has 0 unspecified atom stereocenters. The van der Waals surface area contributed by atoms with E-state index in [1.165, 1.54) is 11.0 Å². The number of hydrazine groups is 1. The molecule has 0 bridgehead atoms. The second kappa shape index (κ2) is 4.84. The van der Waals surface area contributed by atoms with E-state index in [2.05, 4.69) is 20.8 Å². The van der Waals surface area contributed by atoms with Crippen molar-refractivity contribution in [2.24, 2.45) is 12.9 Å². The third-order valence-corrected chi connectivity index (χ3v) is 2.51. The lowest BCUT2D eigenvalue weighted by atomic mass is 10.1. The zero-order chi connectivity index (χ0) is 13.1. The van der Waals surface area contributed by atoms with Crippen LogP contribution in [0, 0.1) is 6.92 Å². The number of carbonyl (C=O) groups excluding carboxylic acids is 1. The molecule has 2 rings (SSSR count). The van der Waals surface area contributed by atoms with Gasteiger partial charge in [-0.05, 0) is 19.1 Å². The van der Waals surface area contributed by atoms with Crippen molar-refractivity contribution < 1.29 is 4.79 Å². The summed E-state index contributed by atoms with van der Waals surface area (Å²) in [7, 11) is 1.70. The van der Waals surface area contributed by atoms with Gasteiger partial charge in [0.1, 0.15) is 6.33 Å². The second-order valence-corrected chi connectivity index (χ2v) is 3.85. The normalized spacial score (nSPS) is 10.2. The number of nitrogens with two attached hydrogens (primary N) is 1. The molecule has 1 heterocycles. The Balaban J connectivity index is 2.29. The number of aromatic nitrogens is 3. The highest BCUT2D eigenvalue weighted by atomic mass is 16.1. The Hall–Kier alpha value is -2.41. The number of nitrogens with zero attached hydrogens (tertiary/aromatic N) is 3. The third-order valence-electron chi connectivity index (χ3n) is 2.51. The van der Waals surface area contributed by atoms with E-state index < -0.39 is 0 Å². The van der Waals surface area contributed by atoms with Crippen LogP contribution >= 0.6 is 0 Å². The molecule has 18 heavy (non-hydrogen) atoms. The molecule has 0 saturated carbocycles. The summed E-state index contributed by atoms with van der Waals surface area (Å²) >= 11 is 0. The maximum atomic E-state index is 12.1. The van der Waals surface area contributed by atoms with Gasteiger partial charge in [0.2, 0.25) is 5.95 Å². The SMILES string of the molecule is Cc1ccc(NN)c(C(=O)Nc2ncnn2C)c1.